The Balaban J connectivity index is 2.28. The van der Waals surface area contributed by atoms with Gasteiger partial charge >= 0.3 is 5.69 Å². The van der Waals surface area contributed by atoms with Crippen LogP contribution >= 0.6 is 0 Å². The maximum Gasteiger partial charge on any atom is 0.331 e. The molecule has 6 heteroatoms. The van der Waals surface area contributed by atoms with Gasteiger partial charge < -0.3 is 4.74 Å². The number of rotatable bonds is 4. The van der Waals surface area contributed by atoms with E-state index in [9.17, 15) is 14.9 Å². The Hall–Kier alpha value is -2.76. The summed E-state index contributed by atoms with van der Waals surface area (Å²) in [6.07, 6.45) is 2.11. The number of hydrogen-bond donors (Lipinski definition) is 0. The van der Waals surface area contributed by atoms with Crippen LogP contribution in [0.1, 0.15) is 10.4 Å². The van der Waals surface area contributed by atoms with Gasteiger partial charge in [0.25, 0.3) is 5.88 Å². The van der Waals surface area contributed by atoms with Crippen LogP contribution in [-0.2, 0) is 0 Å². The molecule has 1 aromatic carbocycles. The summed E-state index contributed by atoms with van der Waals surface area (Å²) in [5.74, 6) is 0.295. The number of nitro groups is 1. The van der Waals surface area contributed by atoms with Crippen molar-refractivity contribution in [1.82, 2.24) is 4.98 Å². The molecule has 0 bridgehead atoms. The third-order valence-corrected chi connectivity index (χ3v) is 2.18. The number of carbonyl (C=O) groups is 1. The minimum absolute atomic E-state index is 0.0821. The second-order valence-electron chi connectivity index (χ2n) is 3.37. The van der Waals surface area contributed by atoms with Gasteiger partial charge in [-0.1, -0.05) is 0 Å². The molecular formula is C12H8N2O4. The molecule has 18 heavy (non-hydrogen) atoms. The number of aldehydes is 1. The topological polar surface area (TPSA) is 82.3 Å². The molecule has 0 saturated carbocycles. The van der Waals surface area contributed by atoms with Crippen molar-refractivity contribution in [3.8, 4) is 11.6 Å². The summed E-state index contributed by atoms with van der Waals surface area (Å²) in [6.45, 7) is 0. The standard InChI is InChI=1S/C12H8N2O4/c15-8-9-3-5-10(6-4-9)18-12-11(14(16)17)2-1-7-13-12/h1-8H. The van der Waals surface area contributed by atoms with Crippen LogP contribution in [0.25, 0.3) is 0 Å². The highest BCUT2D eigenvalue weighted by Gasteiger charge is 2.16. The Morgan fingerprint density at radius 2 is 1.94 bits per heavy atom. The molecule has 1 aromatic heterocycles. The van der Waals surface area contributed by atoms with Crippen LogP contribution in [0, 0.1) is 10.1 Å². The first-order chi connectivity index (χ1) is 8.70. The van der Waals surface area contributed by atoms with Crippen LogP contribution in [0.4, 0.5) is 5.69 Å². The Bertz CT molecular complexity index is 581. The van der Waals surface area contributed by atoms with Crippen LogP contribution in [0.3, 0.4) is 0 Å². The summed E-state index contributed by atoms with van der Waals surface area (Å²) < 4.78 is 5.30. The summed E-state index contributed by atoms with van der Waals surface area (Å²) in [5.41, 5.74) is 0.287. The van der Waals surface area contributed by atoms with Crippen molar-refractivity contribution in [2.24, 2.45) is 0 Å². The predicted octanol–water partition coefficient (Wildman–Crippen LogP) is 2.59. The Morgan fingerprint density at radius 1 is 1.22 bits per heavy atom. The zero-order valence-corrected chi connectivity index (χ0v) is 9.15. The number of hydrogen-bond acceptors (Lipinski definition) is 5. The minimum atomic E-state index is -0.567. The molecule has 0 fully saturated rings. The van der Waals surface area contributed by atoms with E-state index in [1.165, 1.54) is 18.3 Å². The molecule has 0 N–H and O–H groups in total. The van der Waals surface area contributed by atoms with Crippen molar-refractivity contribution in [1.29, 1.82) is 0 Å². The third kappa shape index (κ3) is 2.49. The van der Waals surface area contributed by atoms with Crippen LogP contribution in [0.2, 0.25) is 0 Å². The molecule has 6 nitrogen and oxygen atoms in total. The smallest absolute Gasteiger partial charge is 0.331 e. The molecular weight excluding hydrogens is 236 g/mol. The molecule has 0 saturated heterocycles. The summed E-state index contributed by atoms with van der Waals surface area (Å²) >= 11 is 0. The van der Waals surface area contributed by atoms with Crippen LogP contribution in [0.15, 0.2) is 42.6 Å². The van der Waals surface area contributed by atoms with Gasteiger partial charge in [0.2, 0.25) is 0 Å². The number of carbonyl (C=O) groups excluding carboxylic acids is 1. The largest absolute Gasteiger partial charge is 0.434 e. The lowest BCUT2D eigenvalue weighted by molar-refractivity contribution is -0.386. The number of ether oxygens (including phenoxy) is 1. The van der Waals surface area contributed by atoms with E-state index in [2.05, 4.69) is 4.98 Å². The fourth-order valence-corrected chi connectivity index (χ4v) is 1.33. The number of pyridine rings is 1. The molecule has 2 rings (SSSR count). The Morgan fingerprint density at radius 3 is 2.56 bits per heavy atom. The monoisotopic (exact) mass is 244 g/mol. The molecule has 90 valence electrons. The predicted molar refractivity (Wildman–Crippen MR) is 62.8 cm³/mol. The van der Waals surface area contributed by atoms with Crippen molar-refractivity contribution < 1.29 is 14.5 Å². The van der Waals surface area contributed by atoms with Gasteiger partial charge in [-0.3, -0.25) is 14.9 Å². The van der Waals surface area contributed by atoms with Gasteiger partial charge in [0.15, 0.2) is 0 Å². The highest BCUT2D eigenvalue weighted by Crippen LogP contribution is 2.28. The van der Waals surface area contributed by atoms with Crippen LogP contribution in [-0.4, -0.2) is 16.2 Å². The van der Waals surface area contributed by atoms with Gasteiger partial charge in [-0.05, 0) is 30.3 Å². The maximum atomic E-state index is 10.8. The van der Waals surface area contributed by atoms with E-state index in [0.29, 0.717) is 17.6 Å². The molecule has 0 atom stereocenters. The zero-order chi connectivity index (χ0) is 13.0. The molecule has 1 heterocycles. The van der Waals surface area contributed by atoms with Gasteiger partial charge in [0.05, 0.1) is 4.92 Å². The SMILES string of the molecule is O=Cc1ccc(Oc2ncccc2[N+](=O)[O-])cc1. The summed E-state index contributed by atoms with van der Waals surface area (Å²) in [4.78, 5) is 24.5. The molecule has 0 aliphatic rings. The van der Waals surface area contributed by atoms with Gasteiger partial charge in [0.1, 0.15) is 12.0 Å². The Kier molecular flexibility index (Phi) is 3.29. The molecule has 0 spiro atoms. The molecule has 0 aliphatic heterocycles. The minimum Gasteiger partial charge on any atom is -0.434 e. The lowest BCUT2D eigenvalue weighted by Crippen LogP contribution is -1.95. The first kappa shape index (κ1) is 11.7. The van der Waals surface area contributed by atoms with E-state index >= 15 is 0 Å². The Labute approximate surface area is 102 Å². The van der Waals surface area contributed by atoms with E-state index in [1.54, 1.807) is 24.3 Å². The highest BCUT2D eigenvalue weighted by molar-refractivity contribution is 5.74. The molecule has 2 aromatic rings. The number of aromatic nitrogens is 1. The average molecular weight is 244 g/mol. The van der Waals surface area contributed by atoms with Gasteiger partial charge in [-0.25, -0.2) is 4.98 Å². The van der Waals surface area contributed by atoms with Crippen molar-refractivity contribution in [2.75, 3.05) is 0 Å². The van der Waals surface area contributed by atoms with Crippen molar-refractivity contribution in [2.45, 2.75) is 0 Å². The summed E-state index contributed by atoms with van der Waals surface area (Å²) in [5, 5.41) is 10.8. The third-order valence-electron chi connectivity index (χ3n) is 2.18. The first-order valence-corrected chi connectivity index (χ1v) is 5.03. The maximum absolute atomic E-state index is 10.8. The van der Waals surface area contributed by atoms with Gasteiger partial charge in [-0.2, -0.15) is 0 Å². The molecule has 0 aliphatic carbocycles. The van der Waals surface area contributed by atoms with Gasteiger partial charge in [0, 0.05) is 17.8 Å². The number of nitrogens with zero attached hydrogens (tertiary/aromatic N) is 2. The van der Waals surface area contributed by atoms with Crippen LogP contribution in [0.5, 0.6) is 11.6 Å². The lowest BCUT2D eigenvalue weighted by atomic mass is 10.2. The lowest BCUT2D eigenvalue weighted by Gasteiger charge is -2.04. The van der Waals surface area contributed by atoms with Gasteiger partial charge in [-0.15, -0.1) is 0 Å². The fourth-order valence-electron chi connectivity index (χ4n) is 1.33. The highest BCUT2D eigenvalue weighted by atomic mass is 16.6. The van der Waals surface area contributed by atoms with Crippen molar-refractivity contribution >= 4 is 12.0 Å². The molecule has 0 radical (unpaired) electrons. The second-order valence-corrected chi connectivity index (χ2v) is 3.37. The van der Waals surface area contributed by atoms with Crippen LogP contribution < -0.4 is 4.74 Å². The van der Waals surface area contributed by atoms with E-state index in [-0.39, 0.29) is 11.6 Å². The first-order valence-electron chi connectivity index (χ1n) is 5.03. The van der Waals surface area contributed by atoms with E-state index in [0.717, 1.165) is 0 Å². The molecule has 0 amide bonds. The summed E-state index contributed by atoms with van der Waals surface area (Å²) in [6, 6.07) is 8.96. The summed E-state index contributed by atoms with van der Waals surface area (Å²) in [7, 11) is 0. The molecule has 0 unspecified atom stereocenters. The van der Waals surface area contributed by atoms with Crippen molar-refractivity contribution in [3.63, 3.8) is 0 Å². The van der Waals surface area contributed by atoms with E-state index in [1.807, 2.05) is 0 Å². The average Bonchev–Trinajstić information content (AvgIpc) is 2.40. The normalized spacial score (nSPS) is 9.78. The van der Waals surface area contributed by atoms with E-state index < -0.39 is 4.92 Å². The number of benzene rings is 1. The van der Waals surface area contributed by atoms with E-state index in [4.69, 9.17) is 4.74 Å². The quantitative estimate of drug-likeness (QED) is 0.469. The zero-order valence-electron chi connectivity index (χ0n) is 9.15. The van der Waals surface area contributed by atoms with Crippen molar-refractivity contribution in [3.05, 3.63) is 58.3 Å². The second kappa shape index (κ2) is 5.05. The fraction of sp³-hybridized carbons (Fsp3) is 0.